The van der Waals surface area contributed by atoms with Crippen LogP contribution in [0.5, 0.6) is 0 Å². The average molecular weight is 368 g/mol. The smallest absolute Gasteiger partial charge is 0.273 e. The Morgan fingerprint density at radius 3 is 2.85 bits per heavy atom. The molecule has 0 aliphatic carbocycles. The number of carbonyl (C=O) groups is 1. The van der Waals surface area contributed by atoms with Gasteiger partial charge in [-0.05, 0) is 32.8 Å². The number of hydrogen-bond donors (Lipinski definition) is 0. The molecular formula is C19H20N4O2S. The zero-order chi connectivity index (χ0) is 18.1. The maximum absolute atomic E-state index is 12.6. The topological polar surface area (TPSA) is 72.1 Å². The summed E-state index contributed by atoms with van der Waals surface area (Å²) in [7, 11) is 0. The van der Waals surface area contributed by atoms with Gasteiger partial charge in [-0.1, -0.05) is 11.2 Å². The number of aromatic nitrogens is 3. The molecule has 4 heterocycles. The molecule has 1 aliphatic heterocycles. The number of amides is 1. The molecule has 26 heavy (non-hydrogen) atoms. The van der Waals surface area contributed by atoms with E-state index in [1.807, 2.05) is 30.3 Å². The lowest BCUT2D eigenvalue weighted by Crippen LogP contribution is -2.39. The fraction of sp³-hybridized carbons (Fsp3) is 0.368. The highest BCUT2D eigenvalue weighted by Gasteiger charge is 2.27. The average Bonchev–Trinajstić information content (AvgIpc) is 3.32. The van der Waals surface area contributed by atoms with E-state index in [0.717, 1.165) is 47.7 Å². The molecule has 1 aliphatic rings. The summed E-state index contributed by atoms with van der Waals surface area (Å²) >= 11 is 1.45. The van der Waals surface area contributed by atoms with Crippen molar-refractivity contribution in [2.75, 3.05) is 13.1 Å². The number of aryl methyl sites for hydroxylation is 2. The van der Waals surface area contributed by atoms with Crippen molar-refractivity contribution < 1.29 is 9.32 Å². The quantitative estimate of drug-likeness (QED) is 0.702. The molecule has 0 N–H and O–H groups in total. The molecule has 0 unspecified atom stereocenters. The highest BCUT2D eigenvalue weighted by atomic mass is 32.1. The van der Waals surface area contributed by atoms with Crippen LogP contribution in [0, 0.1) is 13.8 Å². The maximum Gasteiger partial charge on any atom is 0.273 e. The molecule has 7 heteroatoms. The number of nitrogens with zero attached hydrogens (tertiary/aromatic N) is 4. The van der Waals surface area contributed by atoms with Gasteiger partial charge in [0.05, 0.1) is 11.2 Å². The highest BCUT2D eigenvalue weighted by Crippen LogP contribution is 2.30. The van der Waals surface area contributed by atoms with Gasteiger partial charge in [0.1, 0.15) is 11.5 Å². The lowest BCUT2D eigenvalue weighted by atomic mass is 9.93. The van der Waals surface area contributed by atoms with Gasteiger partial charge in [-0.15, -0.1) is 11.3 Å². The second kappa shape index (κ2) is 6.99. The van der Waals surface area contributed by atoms with Gasteiger partial charge in [-0.2, -0.15) is 0 Å². The van der Waals surface area contributed by atoms with Crippen LogP contribution in [0.3, 0.4) is 0 Å². The Bertz CT molecular complexity index is 883. The molecule has 0 saturated carbocycles. The van der Waals surface area contributed by atoms with Gasteiger partial charge >= 0.3 is 0 Å². The van der Waals surface area contributed by atoms with Crippen LogP contribution in [0.25, 0.3) is 11.1 Å². The molecule has 134 valence electrons. The summed E-state index contributed by atoms with van der Waals surface area (Å²) in [5.74, 6) is 1.07. The van der Waals surface area contributed by atoms with Gasteiger partial charge in [-0.25, -0.2) is 4.98 Å². The SMILES string of the molecule is Cc1noc(C)c1-c1ccc([C@H]2CCCN(C(=O)c3cscn3)C2)nc1. The van der Waals surface area contributed by atoms with Crippen molar-refractivity contribution >= 4 is 17.2 Å². The van der Waals surface area contributed by atoms with E-state index in [0.29, 0.717) is 12.2 Å². The number of likely N-dealkylation sites (tertiary alicyclic amines) is 1. The first-order chi connectivity index (χ1) is 12.6. The van der Waals surface area contributed by atoms with Crippen molar-refractivity contribution in [3.8, 4) is 11.1 Å². The Labute approximate surface area is 155 Å². The molecule has 3 aromatic heterocycles. The van der Waals surface area contributed by atoms with Gasteiger partial charge in [0.15, 0.2) is 0 Å². The molecule has 1 amide bonds. The van der Waals surface area contributed by atoms with Gasteiger partial charge in [-0.3, -0.25) is 9.78 Å². The molecule has 1 fully saturated rings. The number of pyridine rings is 1. The van der Waals surface area contributed by atoms with Crippen LogP contribution in [0.1, 0.15) is 46.4 Å². The number of rotatable bonds is 3. The third-order valence-corrected chi connectivity index (χ3v) is 5.47. The van der Waals surface area contributed by atoms with Gasteiger partial charge < -0.3 is 9.42 Å². The zero-order valence-corrected chi connectivity index (χ0v) is 15.6. The van der Waals surface area contributed by atoms with Crippen LogP contribution < -0.4 is 0 Å². The predicted octanol–water partition coefficient (Wildman–Crippen LogP) is 3.83. The molecule has 6 nitrogen and oxygen atoms in total. The normalized spacial score (nSPS) is 17.5. The number of hydrogen-bond acceptors (Lipinski definition) is 6. The zero-order valence-electron chi connectivity index (χ0n) is 14.8. The van der Waals surface area contributed by atoms with Gasteiger partial charge in [0.2, 0.25) is 0 Å². The Balaban J connectivity index is 1.51. The molecule has 1 atom stereocenters. The maximum atomic E-state index is 12.6. The summed E-state index contributed by atoms with van der Waals surface area (Å²) in [6, 6.07) is 4.12. The van der Waals surface area contributed by atoms with Crippen molar-refractivity contribution in [1.29, 1.82) is 0 Å². The van der Waals surface area contributed by atoms with Gasteiger partial charge in [0, 0.05) is 47.4 Å². The standard InChI is InChI=1S/C19H20N4O2S/c1-12-18(13(2)25-22-12)14-5-6-16(20-8-14)15-4-3-7-23(9-15)19(24)17-10-26-11-21-17/h5-6,8,10-11,15H,3-4,7,9H2,1-2H3/t15-/m0/s1. The Hall–Kier alpha value is -2.54. The molecule has 0 radical (unpaired) electrons. The van der Waals surface area contributed by atoms with Crippen LogP contribution in [0.4, 0.5) is 0 Å². The van der Waals surface area contributed by atoms with Crippen LogP contribution in [0.2, 0.25) is 0 Å². The van der Waals surface area contributed by atoms with Crippen molar-refractivity contribution in [1.82, 2.24) is 20.0 Å². The van der Waals surface area contributed by atoms with Crippen LogP contribution in [0.15, 0.2) is 33.7 Å². The van der Waals surface area contributed by atoms with E-state index >= 15 is 0 Å². The minimum absolute atomic E-state index is 0.0169. The minimum atomic E-state index is 0.0169. The summed E-state index contributed by atoms with van der Waals surface area (Å²) in [5, 5.41) is 5.81. The fourth-order valence-corrected chi connectivity index (χ4v) is 4.10. The summed E-state index contributed by atoms with van der Waals surface area (Å²) in [5.41, 5.74) is 6.15. The second-order valence-corrected chi connectivity index (χ2v) is 7.35. The van der Waals surface area contributed by atoms with Crippen molar-refractivity contribution in [2.24, 2.45) is 0 Å². The second-order valence-electron chi connectivity index (χ2n) is 6.63. The molecule has 0 bridgehead atoms. The summed E-state index contributed by atoms with van der Waals surface area (Å²) < 4.78 is 5.25. The molecule has 0 aromatic carbocycles. The van der Waals surface area contributed by atoms with E-state index in [1.165, 1.54) is 11.3 Å². The van der Waals surface area contributed by atoms with Crippen molar-refractivity contribution in [3.05, 3.63) is 52.1 Å². The van der Waals surface area contributed by atoms with E-state index in [2.05, 4.69) is 27.3 Å². The van der Waals surface area contributed by atoms with E-state index in [1.54, 1.807) is 5.51 Å². The molecule has 0 spiro atoms. The van der Waals surface area contributed by atoms with E-state index < -0.39 is 0 Å². The van der Waals surface area contributed by atoms with E-state index in [-0.39, 0.29) is 11.8 Å². The van der Waals surface area contributed by atoms with Crippen molar-refractivity contribution in [3.63, 3.8) is 0 Å². The lowest BCUT2D eigenvalue weighted by molar-refractivity contribution is 0.0700. The van der Waals surface area contributed by atoms with Gasteiger partial charge in [0.25, 0.3) is 5.91 Å². The Morgan fingerprint density at radius 1 is 1.31 bits per heavy atom. The summed E-state index contributed by atoms with van der Waals surface area (Å²) in [4.78, 5) is 23.3. The monoisotopic (exact) mass is 368 g/mol. The first kappa shape index (κ1) is 16.9. The lowest BCUT2D eigenvalue weighted by Gasteiger charge is -2.32. The van der Waals surface area contributed by atoms with Crippen LogP contribution >= 0.6 is 11.3 Å². The van der Waals surface area contributed by atoms with Crippen LogP contribution in [-0.4, -0.2) is 39.0 Å². The third-order valence-electron chi connectivity index (χ3n) is 4.89. The van der Waals surface area contributed by atoms with Crippen molar-refractivity contribution in [2.45, 2.75) is 32.6 Å². The molecule has 3 aromatic rings. The summed E-state index contributed by atoms with van der Waals surface area (Å²) in [6.07, 6.45) is 3.90. The highest BCUT2D eigenvalue weighted by molar-refractivity contribution is 7.07. The number of thiazole rings is 1. The first-order valence-electron chi connectivity index (χ1n) is 8.70. The Morgan fingerprint density at radius 2 is 2.19 bits per heavy atom. The van der Waals surface area contributed by atoms with E-state index in [4.69, 9.17) is 4.52 Å². The first-order valence-corrected chi connectivity index (χ1v) is 9.64. The molecular weight excluding hydrogens is 348 g/mol. The number of carbonyl (C=O) groups excluding carboxylic acids is 1. The summed E-state index contributed by atoms with van der Waals surface area (Å²) in [6.45, 7) is 5.31. The fourth-order valence-electron chi connectivity index (χ4n) is 3.57. The molecule has 4 rings (SSSR count). The van der Waals surface area contributed by atoms with E-state index in [9.17, 15) is 4.79 Å². The predicted molar refractivity (Wildman–Crippen MR) is 99.2 cm³/mol. The molecule has 1 saturated heterocycles. The van der Waals surface area contributed by atoms with Crippen LogP contribution in [-0.2, 0) is 0 Å². The number of piperidine rings is 1. The Kier molecular flexibility index (Phi) is 4.55. The minimum Gasteiger partial charge on any atom is -0.361 e. The largest absolute Gasteiger partial charge is 0.361 e. The third kappa shape index (κ3) is 3.14.